The molecule has 0 saturated heterocycles. The Morgan fingerprint density at radius 3 is 2.54 bits per heavy atom. The highest BCUT2D eigenvalue weighted by Gasteiger charge is 2.21. The third-order valence-electron chi connectivity index (χ3n) is 6.19. The van der Waals surface area contributed by atoms with Crippen LogP contribution in [-0.4, -0.2) is 25.6 Å². The third kappa shape index (κ3) is 5.04. The van der Waals surface area contributed by atoms with E-state index in [1.807, 2.05) is 0 Å². The molecule has 28 heavy (non-hydrogen) atoms. The zero-order valence-corrected chi connectivity index (χ0v) is 18.4. The molecule has 0 N–H and O–H groups in total. The quantitative estimate of drug-likeness (QED) is 0.641. The van der Waals surface area contributed by atoms with Gasteiger partial charge in [0, 0.05) is 6.04 Å². The first kappa shape index (κ1) is 21.1. The van der Waals surface area contributed by atoms with Crippen molar-refractivity contribution < 1.29 is 4.74 Å². The van der Waals surface area contributed by atoms with E-state index in [0.29, 0.717) is 12.0 Å². The summed E-state index contributed by atoms with van der Waals surface area (Å²) in [5, 5.41) is 0. The molecular formula is C26H37NO. The molecule has 4 rings (SSSR count). The molecule has 1 unspecified atom stereocenters. The Balaban J connectivity index is 0.000000162. The Kier molecular flexibility index (Phi) is 7.31. The van der Waals surface area contributed by atoms with Crippen LogP contribution in [0.15, 0.2) is 36.4 Å². The van der Waals surface area contributed by atoms with Crippen LogP contribution < -0.4 is 0 Å². The summed E-state index contributed by atoms with van der Waals surface area (Å²) in [6, 6.07) is 14.5. The molecule has 0 aromatic heterocycles. The molecule has 2 aromatic carbocycles. The predicted molar refractivity (Wildman–Crippen MR) is 119 cm³/mol. The molecule has 0 saturated carbocycles. The number of hydrogen-bond acceptors (Lipinski definition) is 2. The van der Waals surface area contributed by atoms with E-state index in [2.05, 4.69) is 76.2 Å². The lowest BCUT2D eigenvalue weighted by Gasteiger charge is -2.31. The minimum absolute atomic E-state index is 0.618. The zero-order valence-electron chi connectivity index (χ0n) is 18.4. The molecule has 1 aliphatic heterocycles. The molecule has 0 amide bonds. The summed E-state index contributed by atoms with van der Waals surface area (Å²) < 4.78 is 5.43. The molecule has 1 aliphatic carbocycles. The van der Waals surface area contributed by atoms with E-state index >= 15 is 0 Å². The first-order chi connectivity index (χ1) is 13.5. The molecule has 0 bridgehead atoms. The molecule has 0 fully saturated rings. The molecule has 1 atom stereocenters. The van der Waals surface area contributed by atoms with E-state index in [-0.39, 0.29) is 0 Å². The van der Waals surface area contributed by atoms with Gasteiger partial charge in [-0.25, -0.2) is 0 Å². The van der Waals surface area contributed by atoms with Crippen LogP contribution in [0.2, 0.25) is 0 Å². The van der Waals surface area contributed by atoms with Crippen molar-refractivity contribution in [1.29, 1.82) is 0 Å². The lowest BCUT2D eigenvalue weighted by molar-refractivity contribution is 0.110. The van der Waals surface area contributed by atoms with Gasteiger partial charge in [0.1, 0.15) is 0 Å². The minimum Gasteiger partial charge on any atom is -0.376 e. The minimum atomic E-state index is 0.618. The van der Waals surface area contributed by atoms with Crippen molar-refractivity contribution in [2.75, 3.05) is 20.7 Å². The summed E-state index contributed by atoms with van der Waals surface area (Å²) in [6.07, 6.45) is 6.15. The van der Waals surface area contributed by atoms with E-state index in [1.54, 1.807) is 11.1 Å². The number of fused-ring (bicyclic) bond motifs is 2. The fourth-order valence-electron chi connectivity index (χ4n) is 4.35. The number of rotatable bonds is 3. The van der Waals surface area contributed by atoms with Gasteiger partial charge in [-0.2, -0.15) is 0 Å². The highest BCUT2D eigenvalue weighted by Crippen LogP contribution is 2.33. The second-order valence-electron chi connectivity index (χ2n) is 8.74. The Bertz CT molecular complexity index is 778. The number of aryl methyl sites for hydroxylation is 2. The SMILES string of the molecule is CC(C)c1ccc2c(c1)COCC2.CCc1ccc2c(c1)CCCC2N(C)C. The van der Waals surface area contributed by atoms with Crippen molar-refractivity contribution in [3.8, 4) is 0 Å². The maximum atomic E-state index is 5.43. The molecule has 0 radical (unpaired) electrons. The van der Waals surface area contributed by atoms with Crippen molar-refractivity contribution >= 4 is 0 Å². The summed E-state index contributed by atoms with van der Waals surface area (Å²) in [5.74, 6) is 0.618. The molecule has 2 aliphatic rings. The van der Waals surface area contributed by atoms with Gasteiger partial charge >= 0.3 is 0 Å². The number of benzene rings is 2. The van der Waals surface area contributed by atoms with Crippen molar-refractivity contribution in [1.82, 2.24) is 4.90 Å². The monoisotopic (exact) mass is 379 g/mol. The van der Waals surface area contributed by atoms with Gasteiger partial charge in [0.15, 0.2) is 0 Å². The summed E-state index contributed by atoms with van der Waals surface area (Å²) in [7, 11) is 4.38. The average Bonchev–Trinajstić information content (AvgIpc) is 2.72. The van der Waals surface area contributed by atoms with Crippen molar-refractivity contribution in [2.45, 2.75) is 71.4 Å². The van der Waals surface area contributed by atoms with Crippen molar-refractivity contribution in [3.63, 3.8) is 0 Å². The van der Waals surface area contributed by atoms with Gasteiger partial charge in [-0.3, -0.25) is 0 Å². The summed E-state index contributed by atoms with van der Waals surface area (Å²) in [5.41, 5.74) is 8.90. The predicted octanol–water partition coefficient (Wildman–Crippen LogP) is 6.07. The summed E-state index contributed by atoms with van der Waals surface area (Å²) in [6.45, 7) is 8.37. The van der Waals surface area contributed by atoms with Crippen LogP contribution in [0.4, 0.5) is 0 Å². The Morgan fingerprint density at radius 1 is 1.00 bits per heavy atom. The Hall–Kier alpha value is -1.64. The van der Waals surface area contributed by atoms with Gasteiger partial charge in [0.25, 0.3) is 0 Å². The zero-order chi connectivity index (χ0) is 20.1. The molecule has 1 heterocycles. The molecule has 152 valence electrons. The van der Waals surface area contributed by atoms with Crippen LogP contribution in [0.25, 0.3) is 0 Å². The highest BCUT2D eigenvalue weighted by atomic mass is 16.5. The second-order valence-corrected chi connectivity index (χ2v) is 8.74. The van der Waals surface area contributed by atoms with E-state index in [9.17, 15) is 0 Å². The lowest BCUT2D eigenvalue weighted by atomic mass is 9.86. The average molecular weight is 380 g/mol. The van der Waals surface area contributed by atoms with Crippen LogP contribution in [-0.2, 0) is 30.6 Å². The van der Waals surface area contributed by atoms with Crippen LogP contribution in [0, 0.1) is 0 Å². The van der Waals surface area contributed by atoms with Crippen molar-refractivity contribution in [3.05, 3.63) is 69.8 Å². The number of ether oxygens (including phenoxy) is 1. The number of hydrogen-bond donors (Lipinski definition) is 0. The third-order valence-corrected chi connectivity index (χ3v) is 6.19. The van der Waals surface area contributed by atoms with E-state index < -0.39 is 0 Å². The van der Waals surface area contributed by atoms with Gasteiger partial charge < -0.3 is 9.64 Å². The lowest BCUT2D eigenvalue weighted by Crippen LogP contribution is -2.24. The Morgan fingerprint density at radius 2 is 1.82 bits per heavy atom. The molecule has 2 heteroatoms. The topological polar surface area (TPSA) is 12.5 Å². The maximum absolute atomic E-state index is 5.43. The fraction of sp³-hybridized carbons (Fsp3) is 0.538. The van der Waals surface area contributed by atoms with Gasteiger partial charge in [-0.15, -0.1) is 0 Å². The normalized spacial score (nSPS) is 18.3. The van der Waals surface area contributed by atoms with Crippen LogP contribution >= 0.6 is 0 Å². The maximum Gasteiger partial charge on any atom is 0.0719 e. The Labute approximate surface area is 171 Å². The smallest absolute Gasteiger partial charge is 0.0719 e. The van der Waals surface area contributed by atoms with Gasteiger partial charge in [0.05, 0.1) is 13.2 Å². The molecule has 2 aromatic rings. The van der Waals surface area contributed by atoms with Gasteiger partial charge in [-0.1, -0.05) is 57.2 Å². The van der Waals surface area contributed by atoms with E-state index in [0.717, 1.165) is 26.1 Å². The van der Waals surface area contributed by atoms with Crippen LogP contribution in [0.1, 0.15) is 79.0 Å². The van der Waals surface area contributed by atoms with E-state index in [1.165, 1.54) is 41.5 Å². The second kappa shape index (κ2) is 9.71. The van der Waals surface area contributed by atoms with Crippen LogP contribution in [0.5, 0.6) is 0 Å². The number of nitrogens with zero attached hydrogens (tertiary/aromatic N) is 1. The first-order valence-electron chi connectivity index (χ1n) is 11.0. The fourth-order valence-corrected chi connectivity index (χ4v) is 4.35. The van der Waals surface area contributed by atoms with Gasteiger partial charge in [-0.05, 0) is 85.5 Å². The highest BCUT2D eigenvalue weighted by molar-refractivity contribution is 5.36. The molecular weight excluding hydrogens is 342 g/mol. The standard InChI is InChI=1S/C14H21N.C12H16O/c1-4-11-8-9-13-12(10-11)6-5-7-14(13)15(2)3;1-9(2)11-4-3-10-5-6-13-8-12(10)7-11/h8-10,14H,4-7H2,1-3H3;3-4,7,9H,5-6,8H2,1-2H3. The van der Waals surface area contributed by atoms with E-state index in [4.69, 9.17) is 4.74 Å². The van der Waals surface area contributed by atoms with Crippen molar-refractivity contribution in [2.24, 2.45) is 0 Å². The summed E-state index contributed by atoms with van der Waals surface area (Å²) >= 11 is 0. The summed E-state index contributed by atoms with van der Waals surface area (Å²) in [4.78, 5) is 2.35. The molecule has 2 nitrogen and oxygen atoms in total. The largest absolute Gasteiger partial charge is 0.376 e. The first-order valence-corrected chi connectivity index (χ1v) is 11.0. The van der Waals surface area contributed by atoms with Gasteiger partial charge in [0.2, 0.25) is 0 Å². The van der Waals surface area contributed by atoms with Crippen LogP contribution in [0.3, 0.4) is 0 Å². The molecule has 0 spiro atoms.